The molecule has 6 heteroatoms. The maximum Gasteiger partial charge on any atom is 0.225 e. The van der Waals surface area contributed by atoms with Crippen molar-refractivity contribution >= 4 is 44.2 Å². The molecule has 1 aliphatic carbocycles. The number of benzene rings is 1. The molecule has 3 heterocycles. The van der Waals surface area contributed by atoms with E-state index in [1.807, 2.05) is 11.0 Å². The van der Waals surface area contributed by atoms with Crippen LogP contribution in [0.25, 0.3) is 16.6 Å². The monoisotopic (exact) mass is 398 g/mol. The third-order valence-electron chi connectivity index (χ3n) is 5.22. The molecule has 2 aliphatic rings. The number of amides is 1. The highest BCUT2D eigenvalue weighted by Gasteiger charge is 2.34. The van der Waals surface area contributed by atoms with Crippen molar-refractivity contribution in [3.05, 3.63) is 41.0 Å². The number of carbonyl (C=O) groups is 1. The van der Waals surface area contributed by atoms with E-state index in [9.17, 15) is 4.79 Å². The lowest BCUT2D eigenvalue weighted by molar-refractivity contribution is -0.132. The Kier molecular flexibility index (Phi) is 3.48. The third-order valence-corrected chi connectivity index (χ3v) is 5.71. The molecule has 2 fully saturated rings. The second-order valence-corrected chi connectivity index (χ2v) is 7.83. The smallest absolute Gasteiger partial charge is 0.225 e. The van der Waals surface area contributed by atoms with Gasteiger partial charge in [-0.2, -0.15) is 0 Å². The summed E-state index contributed by atoms with van der Waals surface area (Å²) in [6.45, 7) is 3.26. The number of piperazine rings is 1. The summed E-state index contributed by atoms with van der Waals surface area (Å²) in [4.78, 5) is 21.6. The zero-order chi connectivity index (χ0) is 17.0. The van der Waals surface area contributed by atoms with Crippen molar-refractivity contribution in [3.8, 4) is 0 Å². The van der Waals surface area contributed by atoms with Crippen molar-refractivity contribution in [2.75, 3.05) is 31.1 Å². The Labute approximate surface area is 154 Å². The first-order valence-corrected chi connectivity index (χ1v) is 9.60. The van der Waals surface area contributed by atoms with Crippen LogP contribution in [0.4, 0.5) is 5.82 Å². The third kappa shape index (κ3) is 2.59. The number of halogens is 1. The van der Waals surface area contributed by atoms with Crippen LogP contribution in [0.1, 0.15) is 12.8 Å². The van der Waals surface area contributed by atoms with E-state index in [1.54, 1.807) is 0 Å². The van der Waals surface area contributed by atoms with Crippen LogP contribution in [0.2, 0.25) is 0 Å². The summed E-state index contributed by atoms with van der Waals surface area (Å²) in [6.07, 6.45) is 4.24. The highest BCUT2D eigenvalue weighted by Crippen LogP contribution is 2.32. The van der Waals surface area contributed by atoms with E-state index in [2.05, 4.69) is 55.7 Å². The minimum Gasteiger partial charge on any atom is -0.351 e. The van der Waals surface area contributed by atoms with Gasteiger partial charge in [0.05, 0.1) is 16.6 Å². The predicted octanol–water partition coefficient (Wildman–Crippen LogP) is 3.31. The lowest BCUT2D eigenvalue weighted by Crippen LogP contribution is -2.49. The number of hydrogen-bond acceptors (Lipinski definition) is 3. The maximum absolute atomic E-state index is 12.3. The van der Waals surface area contributed by atoms with E-state index >= 15 is 0 Å². The van der Waals surface area contributed by atoms with E-state index in [-0.39, 0.29) is 0 Å². The second-order valence-electron chi connectivity index (χ2n) is 6.92. The van der Waals surface area contributed by atoms with Gasteiger partial charge < -0.3 is 14.2 Å². The average molecular weight is 399 g/mol. The van der Waals surface area contributed by atoms with Crippen LogP contribution in [-0.2, 0) is 4.79 Å². The number of anilines is 1. The summed E-state index contributed by atoms with van der Waals surface area (Å²) in [5.74, 6) is 1.66. The fourth-order valence-corrected chi connectivity index (χ4v) is 4.04. The van der Waals surface area contributed by atoms with Gasteiger partial charge in [0, 0.05) is 42.8 Å². The zero-order valence-corrected chi connectivity index (χ0v) is 15.4. The Morgan fingerprint density at radius 3 is 2.64 bits per heavy atom. The summed E-state index contributed by atoms with van der Waals surface area (Å²) < 4.78 is 3.23. The van der Waals surface area contributed by atoms with Gasteiger partial charge in [-0.05, 0) is 43.2 Å². The predicted molar refractivity (Wildman–Crippen MR) is 102 cm³/mol. The van der Waals surface area contributed by atoms with Crippen molar-refractivity contribution in [3.63, 3.8) is 0 Å². The largest absolute Gasteiger partial charge is 0.351 e. The molecule has 0 unspecified atom stereocenters. The highest BCUT2D eigenvalue weighted by atomic mass is 79.9. The van der Waals surface area contributed by atoms with Gasteiger partial charge in [-0.15, -0.1) is 0 Å². The lowest BCUT2D eigenvalue weighted by Gasteiger charge is -2.36. The molecule has 3 aromatic rings. The van der Waals surface area contributed by atoms with Gasteiger partial charge in [0.2, 0.25) is 5.91 Å². The van der Waals surface area contributed by atoms with Gasteiger partial charge >= 0.3 is 0 Å². The number of nitrogens with zero attached hydrogens (tertiary/aromatic N) is 4. The molecule has 0 radical (unpaired) electrons. The molecule has 0 spiro atoms. The quantitative estimate of drug-likeness (QED) is 0.664. The standard InChI is InChI=1S/C19H19BrN4O/c20-14-5-6-16-15(12-14)21-18(17-2-1-7-24(16)17)22-8-10-23(11-9-22)19(25)13-3-4-13/h1-2,5-7,12-13H,3-4,8-11H2. The van der Waals surface area contributed by atoms with Gasteiger partial charge in [0.25, 0.3) is 0 Å². The van der Waals surface area contributed by atoms with Crippen LogP contribution in [0.3, 0.4) is 0 Å². The zero-order valence-electron chi connectivity index (χ0n) is 13.9. The van der Waals surface area contributed by atoms with Gasteiger partial charge in [0.1, 0.15) is 0 Å². The summed E-state index contributed by atoms with van der Waals surface area (Å²) in [6, 6.07) is 10.4. The first-order valence-electron chi connectivity index (χ1n) is 8.81. The average Bonchev–Trinajstić information content (AvgIpc) is 3.37. The van der Waals surface area contributed by atoms with E-state index in [0.717, 1.165) is 65.9 Å². The van der Waals surface area contributed by atoms with Crippen LogP contribution in [-0.4, -0.2) is 46.4 Å². The minimum absolute atomic E-state index is 0.306. The van der Waals surface area contributed by atoms with Gasteiger partial charge in [-0.1, -0.05) is 15.9 Å². The minimum atomic E-state index is 0.306. The number of carbonyl (C=O) groups excluding carboxylic acids is 1. The number of aromatic nitrogens is 2. The van der Waals surface area contributed by atoms with Crippen LogP contribution in [0, 0.1) is 5.92 Å². The topological polar surface area (TPSA) is 40.9 Å². The van der Waals surface area contributed by atoms with Gasteiger partial charge in [0.15, 0.2) is 5.82 Å². The molecule has 1 saturated heterocycles. The molecule has 25 heavy (non-hydrogen) atoms. The first-order chi connectivity index (χ1) is 12.2. The Morgan fingerprint density at radius 1 is 1.08 bits per heavy atom. The van der Waals surface area contributed by atoms with Crippen LogP contribution < -0.4 is 4.90 Å². The Hall–Kier alpha value is -2.08. The van der Waals surface area contributed by atoms with Gasteiger partial charge in [-0.3, -0.25) is 4.79 Å². The van der Waals surface area contributed by atoms with E-state index in [0.29, 0.717) is 11.8 Å². The Bertz CT molecular complexity index is 970. The number of rotatable bonds is 2. The molecular weight excluding hydrogens is 380 g/mol. The van der Waals surface area contributed by atoms with E-state index in [4.69, 9.17) is 4.98 Å². The molecule has 0 bridgehead atoms. The highest BCUT2D eigenvalue weighted by molar-refractivity contribution is 9.10. The molecule has 128 valence electrons. The van der Waals surface area contributed by atoms with E-state index < -0.39 is 0 Å². The maximum atomic E-state index is 12.3. The molecule has 0 atom stereocenters. The van der Waals surface area contributed by atoms with Gasteiger partial charge in [-0.25, -0.2) is 4.98 Å². The summed E-state index contributed by atoms with van der Waals surface area (Å²) in [5, 5.41) is 0. The molecule has 1 aliphatic heterocycles. The fraction of sp³-hybridized carbons (Fsp3) is 0.368. The molecule has 5 rings (SSSR count). The summed E-state index contributed by atoms with van der Waals surface area (Å²) >= 11 is 3.54. The van der Waals surface area contributed by atoms with Crippen molar-refractivity contribution in [2.45, 2.75) is 12.8 Å². The molecule has 0 N–H and O–H groups in total. The molecule has 2 aromatic heterocycles. The molecule has 1 aromatic carbocycles. The first kappa shape index (κ1) is 15.2. The second kappa shape index (κ2) is 5.73. The Morgan fingerprint density at radius 2 is 1.88 bits per heavy atom. The fourth-order valence-electron chi connectivity index (χ4n) is 3.69. The van der Waals surface area contributed by atoms with Crippen molar-refractivity contribution in [1.82, 2.24) is 14.3 Å². The molecule has 1 saturated carbocycles. The van der Waals surface area contributed by atoms with Crippen LogP contribution >= 0.6 is 15.9 Å². The van der Waals surface area contributed by atoms with E-state index in [1.165, 1.54) is 0 Å². The molecule has 5 nitrogen and oxygen atoms in total. The number of hydrogen-bond donors (Lipinski definition) is 0. The molecule has 1 amide bonds. The van der Waals surface area contributed by atoms with Crippen LogP contribution in [0.15, 0.2) is 41.0 Å². The van der Waals surface area contributed by atoms with Crippen molar-refractivity contribution in [1.29, 1.82) is 0 Å². The van der Waals surface area contributed by atoms with Crippen molar-refractivity contribution < 1.29 is 4.79 Å². The Balaban J connectivity index is 1.49. The van der Waals surface area contributed by atoms with Crippen molar-refractivity contribution in [2.24, 2.45) is 5.92 Å². The normalized spacial score (nSPS) is 18.3. The summed E-state index contributed by atoms with van der Waals surface area (Å²) in [7, 11) is 0. The number of fused-ring (bicyclic) bond motifs is 3. The SMILES string of the molecule is O=C(C1CC1)N1CCN(c2nc3cc(Br)ccc3n3cccc23)CC1. The summed E-state index contributed by atoms with van der Waals surface area (Å²) in [5.41, 5.74) is 3.20. The van der Waals surface area contributed by atoms with Crippen LogP contribution in [0.5, 0.6) is 0 Å². The molecular formula is C19H19BrN4O. The lowest BCUT2D eigenvalue weighted by atomic mass is 10.2.